The van der Waals surface area contributed by atoms with Crippen molar-refractivity contribution < 1.29 is 9.32 Å². The molecular formula is C19H21N3O2. The van der Waals surface area contributed by atoms with Gasteiger partial charge >= 0.3 is 0 Å². The zero-order valence-corrected chi connectivity index (χ0v) is 14.6. The summed E-state index contributed by atoms with van der Waals surface area (Å²) in [5.74, 6) is 1.30. The number of aryl methyl sites for hydroxylation is 3. The number of hydrogen-bond donors (Lipinski definition) is 1. The van der Waals surface area contributed by atoms with E-state index in [4.69, 9.17) is 4.52 Å². The van der Waals surface area contributed by atoms with Crippen LogP contribution in [0.5, 0.6) is 0 Å². The second-order valence-corrected chi connectivity index (χ2v) is 6.12. The summed E-state index contributed by atoms with van der Waals surface area (Å²) in [6, 6.07) is 9.62. The van der Waals surface area contributed by atoms with Crippen LogP contribution in [0.1, 0.15) is 38.6 Å². The average molecular weight is 323 g/mol. The van der Waals surface area contributed by atoms with Crippen molar-refractivity contribution in [2.75, 3.05) is 5.32 Å². The molecular weight excluding hydrogens is 302 g/mol. The van der Waals surface area contributed by atoms with E-state index in [1.54, 1.807) is 0 Å². The van der Waals surface area contributed by atoms with E-state index in [-0.39, 0.29) is 5.91 Å². The van der Waals surface area contributed by atoms with Crippen LogP contribution in [0.25, 0.3) is 5.82 Å². The third-order valence-electron chi connectivity index (χ3n) is 4.37. The van der Waals surface area contributed by atoms with Gasteiger partial charge in [0, 0.05) is 23.1 Å². The molecule has 0 atom stereocenters. The molecule has 24 heavy (non-hydrogen) atoms. The first-order chi connectivity index (χ1) is 11.4. The fourth-order valence-corrected chi connectivity index (χ4v) is 2.88. The molecule has 5 heteroatoms. The number of nitrogens with one attached hydrogen (secondary N) is 1. The van der Waals surface area contributed by atoms with Gasteiger partial charge in [-0.15, -0.1) is 0 Å². The smallest absolute Gasteiger partial charge is 0.257 e. The minimum Gasteiger partial charge on any atom is -0.360 e. The van der Waals surface area contributed by atoms with Gasteiger partial charge in [-0.05, 0) is 57.9 Å². The van der Waals surface area contributed by atoms with Gasteiger partial charge in [0.1, 0.15) is 5.76 Å². The highest BCUT2D eigenvalue weighted by Gasteiger charge is 2.19. The Morgan fingerprint density at radius 3 is 2.54 bits per heavy atom. The Balaban J connectivity index is 1.95. The standard InChI is InChI=1S/C19H21N3O2/c1-11-7-6-8-17(14(11)4)20-19(23)16-9-12(2)22(15(16)5)18-10-13(3)24-21-18/h6-10H,1-5H3,(H,20,23). The quantitative estimate of drug-likeness (QED) is 0.783. The van der Waals surface area contributed by atoms with Crippen molar-refractivity contribution in [1.82, 2.24) is 9.72 Å². The Labute approximate surface area is 141 Å². The van der Waals surface area contributed by atoms with Crippen LogP contribution in [0.3, 0.4) is 0 Å². The number of amides is 1. The van der Waals surface area contributed by atoms with E-state index in [1.807, 2.05) is 69.5 Å². The van der Waals surface area contributed by atoms with E-state index < -0.39 is 0 Å². The van der Waals surface area contributed by atoms with Crippen molar-refractivity contribution in [2.24, 2.45) is 0 Å². The minimum atomic E-state index is -0.122. The van der Waals surface area contributed by atoms with Crippen LogP contribution in [0, 0.1) is 34.6 Å². The van der Waals surface area contributed by atoms with Gasteiger partial charge in [0.15, 0.2) is 5.82 Å². The lowest BCUT2D eigenvalue weighted by Gasteiger charge is -2.10. The fourth-order valence-electron chi connectivity index (χ4n) is 2.88. The van der Waals surface area contributed by atoms with Crippen LogP contribution in [-0.4, -0.2) is 15.6 Å². The largest absolute Gasteiger partial charge is 0.360 e. The molecule has 0 spiro atoms. The van der Waals surface area contributed by atoms with E-state index >= 15 is 0 Å². The van der Waals surface area contributed by atoms with Crippen molar-refractivity contribution in [3.63, 3.8) is 0 Å². The van der Waals surface area contributed by atoms with Crippen molar-refractivity contribution in [2.45, 2.75) is 34.6 Å². The van der Waals surface area contributed by atoms with Crippen LogP contribution in [0.4, 0.5) is 5.69 Å². The lowest BCUT2D eigenvalue weighted by molar-refractivity contribution is 0.102. The SMILES string of the molecule is Cc1cc(-n2c(C)cc(C(=O)Nc3cccc(C)c3C)c2C)no1. The summed E-state index contributed by atoms with van der Waals surface area (Å²) in [6.07, 6.45) is 0. The summed E-state index contributed by atoms with van der Waals surface area (Å²) in [4.78, 5) is 12.7. The summed E-state index contributed by atoms with van der Waals surface area (Å²) >= 11 is 0. The summed E-state index contributed by atoms with van der Waals surface area (Å²) in [6.45, 7) is 9.75. The van der Waals surface area contributed by atoms with Gasteiger partial charge in [-0.1, -0.05) is 17.3 Å². The Bertz CT molecular complexity index is 919. The number of anilines is 1. The zero-order valence-electron chi connectivity index (χ0n) is 14.6. The molecule has 0 unspecified atom stereocenters. The Hall–Kier alpha value is -2.82. The Kier molecular flexibility index (Phi) is 4.01. The van der Waals surface area contributed by atoms with Gasteiger partial charge in [0.25, 0.3) is 5.91 Å². The lowest BCUT2D eigenvalue weighted by atomic mass is 10.1. The summed E-state index contributed by atoms with van der Waals surface area (Å²) in [5, 5.41) is 7.06. The Morgan fingerprint density at radius 2 is 1.88 bits per heavy atom. The number of nitrogens with zero attached hydrogens (tertiary/aromatic N) is 2. The van der Waals surface area contributed by atoms with Crippen molar-refractivity contribution >= 4 is 11.6 Å². The maximum atomic E-state index is 12.7. The summed E-state index contributed by atoms with van der Waals surface area (Å²) in [7, 11) is 0. The normalized spacial score (nSPS) is 10.9. The van der Waals surface area contributed by atoms with Crippen molar-refractivity contribution in [3.05, 3.63) is 64.2 Å². The Morgan fingerprint density at radius 1 is 1.12 bits per heavy atom. The number of benzene rings is 1. The predicted octanol–water partition coefficient (Wildman–Crippen LogP) is 4.26. The fraction of sp³-hybridized carbons (Fsp3) is 0.263. The van der Waals surface area contributed by atoms with Crippen LogP contribution >= 0.6 is 0 Å². The molecule has 2 aromatic heterocycles. The molecule has 0 aliphatic rings. The van der Waals surface area contributed by atoms with Gasteiger partial charge in [-0.3, -0.25) is 9.36 Å². The lowest BCUT2D eigenvalue weighted by Crippen LogP contribution is -2.14. The van der Waals surface area contributed by atoms with Crippen LogP contribution < -0.4 is 5.32 Å². The van der Waals surface area contributed by atoms with Gasteiger partial charge < -0.3 is 9.84 Å². The first-order valence-electron chi connectivity index (χ1n) is 7.88. The second kappa shape index (κ2) is 6.00. The molecule has 0 aliphatic carbocycles. The molecule has 124 valence electrons. The highest BCUT2D eigenvalue weighted by molar-refractivity contribution is 6.05. The number of carbonyl (C=O) groups excluding carboxylic acids is 1. The van der Waals surface area contributed by atoms with E-state index in [0.717, 1.165) is 34.0 Å². The van der Waals surface area contributed by atoms with Gasteiger partial charge in [0.2, 0.25) is 0 Å². The number of rotatable bonds is 3. The second-order valence-electron chi connectivity index (χ2n) is 6.12. The third-order valence-corrected chi connectivity index (χ3v) is 4.37. The average Bonchev–Trinajstić information content (AvgIpc) is 3.07. The summed E-state index contributed by atoms with van der Waals surface area (Å²) in [5.41, 5.74) is 5.47. The molecule has 2 heterocycles. The molecule has 1 N–H and O–H groups in total. The van der Waals surface area contributed by atoms with Crippen LogP contribution in [-0.2, 0) is 0 Å². The molecule has 0 aliphatic heterocycles. The first-order valence-corrected chi connectivity index (χ1v) is 7.88. The number of aromatic nitrogens is 2. The van der Waals surface area contributed by atoms with Gasteiger partial charge in [-0.2, -0.15) is 0 Å². The molecule has 0 radical (unpaired) electrons. The van der Waals surface area contributed by atoms with Crippen LogP contribution in [0.2, 0.25) is 0 Å². The van der Waals surface area contributed by atoms with E-state index in [2.05, 4.69) is 10.5 Å². The topological polar surface area (TPSA) is 60.1 Å². The van der Waals surface area contributed by atoms with Gasteiger partial charge in [-0.25, -0.2) is 0 Å². The predicted molar refractivity (Wildman–Crippen MR) is 93.9 cm³/mol. The molecule has 0 bridgehead atoms. The molecule has 0 fully saturated rings. The molecule has 5 nitrogen and oxygen atoms in total. The third kappa shape index (κ3) is 2.73. The van der Waals surface area contributed by atoms with Gasteiger partial charge in [0.05, 0.1) is 5.56 Å². The van der Waals surface area contributed by atoms with Crippen LogP contribution in [0.15, 0.2) is 34.9 Å². The molecule has 0 saturated heterocycles. The minimum absolute atomic E-state index is 0.122. The van der Waals surface area contributed by atoms with E-state index in [9.17, 15) is 4.79 Å². The highest BCUT2D eigenvalue weighted by Crippen LogP contribution is 2.23. The molecule has 1 amide bonds. The maximum Gasteiger partial charge on any atom is 0.257 e. The maximum absolute atomic E-state index is 12.7. The van der Waals surface area contributed by atoms with E-state index in [1.165, 1.54) is 0 Å². The van der Waals surface area contributed by atoms with E-state index in [0.29, 0.717) is 11.4 Å². The molecule has 0 saturated carbocycles. The first kappa shape index (κ1) is 16.1. The zero-order chi connectivity index (χ0) is 17.4. The summed E-state index contributed by atoms with van der Waals surface area (Å²) < 4.78 is 7.08. The molecule has 3 aromatic rings. The molecule has 3 rings (SSSR count). The highest BCUT2D eigenvalue weighted by atomic mass is 16.5. The molecule has 1 aromatic carbocycles. The number of carbonyl (C=O) groups is 1. The van der Waals surface area contributed by atoms with Crippen molar-refractivity contribution in [1.29, 1.82) is 0 Å². The van der Waals surface area contributed by atoms with Crippen molar-refractivity contribution in [3.8, 4) is 5.82 Å². The monoisotopic (exact) mass is 323 g/mol. The number of hydrogen-bond acceptors (Lipinski definition) is 3.